The highest BCUT2D eigenvalue weighted by Gasteiger charge is 2.49. The lowest BCUT2D eigenvalue weighted by atomic mass is 9.63. The van der Waals surface area contributed by atoms with Crippen molar-refractivity contribution in [2.24, 2.45) is 10.8 Å². The van der Waals surface area contributed by atoms with E-state index in [-0.39, 0.29) is 43.8 Å². The molecule has 3 aliphatic rings. The lowest BCUT2D eigenvalue weighted by Gasteiger charge is -2.49. The second-order valence-electron chi connectivity index (χ2n) is 13.4. The summed E-state index contributed by atoms with van der Waals surface area (Å²) in [7, 11) is -1.15. The molecule has 44 heavy (non-hydrogen) atoms. The molecular weight excluding hydrogens is 602 g/mol. The summed E-state index contributed by atoms with van der Waals surface area (Å²) in [6, 6.07) is 11.0. The monoisotopic (exact) mass is 641 g/mol. The molecule has 0 spiro atoms. The van der Waals surface area contributed by atoms with Crippen molar-refractivity contribution in [3.8, 4) is 11.5 Å². The Bertz CT molecular complexity index is 1600. The number of allylic oxidation sites excluding steroid dienone is 4. The minimum absolute atomic E-state index is 0.00198. The molecule has 0 fully saturated rings. The van der Waals surface area contributed by atoms with Gasteiger partial charge in [0.15, 0.2) is 17.3 Å². The number of ether oxygens (including phenoxy) is 2. The Labute approximate surface area is 265 Å². The minimum Gasteiger partial charge on any atom is -0.493 e. The maximum absolute atomic E-state index is 14.1. The van der Waals surface area contributed by atoms with Crippen LogP contribution in [0.4, 0.5) is 0 Å². The average Bonchev–Trinajstić information content (AvgIpc) is 2.93. The van der Waals surface area contributed by atoms with Crippen LogP contribution < -0.4 is 8.92 Å². The molecule has 236 valence electrons. The molecule has 0 atom stereocenters. The van der Waals surface area contributed by atoms with Gasteiger partial charge in [0, 0.05) is 61.6 Å². The van der Waals surface area contributed by atoms with Crippen LogP contribution in [0.2, 0.25) is 5.02 Å². The molecule has 0 unspecified atom stereocenters. The quantitative estimate of drug-likeness (QED) is 0.217. The van der Waals surface area contributed by atoms with Crippen molar-refractivity contribution < 1.29 is 31.7 Å². The van der Waals surface area contributed by atoms with E-state index in [2.05, 4.69) is 32.6 Å². The van der Waals surface area contributed by atoms with Gasteiger partial charge in [-0.15, -0.1) is 0 Å². The summed E-state index contributed by atoms with van der Waals surface area (Å²) < 4.78 is 42.6. The standard InChI is InChI=1S/C34H40ClNO7S/c1-33(2)17-24-30(26(37)19-33)29(31-25(36(24)13-10-14-41-5)18-34(3,4)20-27(31)38)21-15-23(35)32(28(16-21)42-6)43-44(39,40)22-11-8-7-9-12-22/h7-9,11-12,15-16,29H,10,13-14,17-20H2,1-6H3. The van der Waals surface area contributed by atoms with Crippen molar-refractivity contribution in [2.45, 2.75) is 70.6 Å². The van der Waals surface area contributed by atoms with E-state index in [1.165, 1.54) is 19.2 Å². The first kappa shape index (κ1) is 32.3. The molecule has 8 nitrogen and oxygen atoms in total. The van der Waals surface area contributed by atoms with Gasteiger partial charge in [0.1, 0.15) is 4.90 Å². The number of carbonyl (C=O) groups is 2. The van der Waals surface area contributed by atoms with Crippen LogP contribution in [-0.4, -0.2) is 52.3 Å². The molecule has 1 heterocycles. The van der Waals surface area contributed by atoms with Crippen LogP contribution >= 0.6 is 11.6 Å². The van der Waals surface area contributed by atoms with E-state index in [0.29, 0.717) is 55.5 Å². The molecule has 1 aliphatic heterocycles. The lowest BCUT2D eigenvalue weighted by molar-refractivity contribution is -0.119. The van der Waals surface area contributed by atoms with E-state index in [1.807, 2.05) is 0 Å². The third kappa shape index (κ3) is 6.19. The van der Waals surface area contributed by atoms with Crippen molar-refractivity contribution >= 4 is 33.3 Å². The third-order valence-electron chi connectivity index (χ3n) is 8.56. The van der Waals surface area contributed by atoms with Crippen LogP contribution in [-0.2, 0) is 24.4 Å². The van der Waals surface area contributed by atoms with Crippen LogP contribution in [0.1, 0.15) is 71.3 Å². The van der Waals surface area contributed by atoms with Crippen molar-refractivity contribution in [2.75, 3.05) is 27.4 Å². The Kier molecular flexibility index (Phi) is 8.79. The number of halogens is 1. The van der Waals surface area contributed by atoms with Gasteiger partial charge >= 0.3 is 10.1 Å². The fourth-order valence-corrected chi connectivity index (χ4v) is 8.03. The molecule has 0 N–H and O–H groups in total. The molecule has 0 saturated heterocycles. The fraction of sp³-hybridized carbons (Fsp3) is 0.471. The van der Waals surface area contributed by atoms with Gasteiger partial charge in [0.25, 0.3) is 0 Å². The van der Waals surface area contributed by atoms with Crippen molar-refractivity contribution in [1.29, 1.82) is 0 Å². The highest BCUT2D eigenvalue weighted by atomic mass is 35.5. The number of ketones is 2. The van der Waals surface area contributed by atoms with Gasteiger partial charge in [-0.05, 0) is 59.9 Å². The zero-order valence-electron chi connectivity index (χ0n) is 26.2. The summed E-state index contributed by atoms with van der Waals surface area (Å²) in [5, 5.41) is -0.00198. The van der Waals surface area contributed by atoms with Gasteiger partial charge in [0.2, 0.25) is 5.75 Å². The van der Waals surface area contributed by atoms with Crippen molar-refractivity contribution in [3.63, 3.8) is 0 Å². The van der Waals surface area contributed by atoms with Crippen molar-refractivity contribution in [3.05, 3.63) is 75.6 Å². The van der Waals surface area contributed by atoms with Gasteiger partial charge in [-0.2, -0.15) is 8.42 Å². The summed E-state index contributed by atoms with van der Waals surface area (Å²) in [4.78, 5) is 30.3. The van der Waals surface area contributed by atoms with Gasteiger partial charge < -0.3 is 18.6 Å². The topological polar surface area (TPSA) is 99.2 Å². The fourth-order valence-electron chi connectivity index (χ4n) is 6.75. The second-order valence-corrected chi connectivity index (χ2v) is 15.4. The van der Waals surface area contributed by atoms with E-state index in [1.54, 1.807) is 37.4 Å². The Morgan fingerprint density at radius 3 is 1.98 bits per heavy atom. The van der Waals surface area contributed by atoms with E-state index in [0.717, 1.165) is 17.8 Å². The minimum atomic E-state index is -4.21. The number of Topliss-reactive ketones (excluding diaryl/α,β-unsaturated/α-hetero) is 2. The molecule has 5 rings (SSSR count). The number of hydrogen-bond acceptors (Lipinski definition) is 8. The van der Waals surface area contributed by atoms with E-state index in [9.17, 15) is 18.0 Å². The molecule has 0 saturated carbocycles. The van der Waals surface area contributed by atoms with Crippen LogP contribution in [0.5, 0.6) is 11.5 Å². The summed E-state index contributed by atoms with van der Waals surface area (Å²) in [6.45, 7) is 9.55. The molecule has 2 aromatic carbocycles. The summed E-state index contributed by atoms with van der Waals surface area (Å²) in [6.07, 6.45) is 2.77. The zero-order valence-corrected chi connectivity index (χ0v) is 27.7. The Morgan fingerprint density at radius 2 is 1.45 bits per heavy atom. The van der Waals surface area contributed by atoms with Gasteiger partial charge in [-0.25, -0.2) is 0 Å². The average molecular weight is 642 g/mol. The molecule has 0 radical (unpaired) electrons. The summed E-state index contributed by atoms with van der Waals surface area (Å²) in [5.41, 5.74) is 3.11. The summed E-state index contributed by atoms with van der Waals surface area (Å²) in [5.74, 6) is -0.758. The molecule has 0 bridgehead atoms. The maximum atomic E-state index is 14.1. The number of benzene rings is 2. The normalized spacial score (nSPS) is 20.0. The Balaban J connectivity index is 1.69. The number of methoxy groups -OCH3 is 2. The third-order valence-corrected chi connectivity index (χ3v) is 10.1. The molecule has 10 heteroatoms. The number of nitrogens with zero attached hydrogens (tertiary/aromatic N) is 1. The van der Waals surface area contributed by atoms with E-state index >= 15 is 0 Å². The SMILES string of the molecule is COCCCN1C2=C(C(=O)CC(C)(C)C2)C(c2cc(Cl)c(OS(=O)(=O)c3ccccc3)c(OC)c2)C2=C1CC(C)(C)CC2=O. The molecular formula is C34H40ClNO7S. The molecule has 2 aromatic rings. The summed E-state index contributed by atoms with van der Waals surface area (Å²) >= 11 is 6.76. The van der Waals surface area contributed by atoms with Gasteiger partial charge in [-0.1, -0.05) is 57.5 Å². The Morgan fingerprint density at radius 1 is 0.886 bits per heavy atom. The van der Waals surface area contributed by atoms with E-state index in [4.69, 9.17) is 25.3 Å². The number of carbonyl (C=O) groups excluding carboxylic acids is 2. The first-order chi connectivity index (χ1) is 20.7. The van der Waals surface area contributed by atoms with Crippen LogP contribution in [0.15, 0.2) is 69.9 Å². The maximum Gasteiger partial charge on any atom is 0.339 e. The smallest absolute Gasteiger partial charge is 0.339 e. The second kappa shape index (κ2) is 12.0. The first-order valence-corrected chi connectivity index (χ1v) is 16.6. The molecule has 0 aromatic heterocycles. The van der Waals surface area contributed by atoms with E-state index < -0.39 is 16.0 Å². The first-order valence-electron chi connectivity index (χ1n) is 14.8. The number of rotatable bonds is 9. The predicted octanol–water partition coefficient (Wildman–Crippen LogP) is 6.84. The van der Waals surface area contributed by atoms with Gasteiger partial charge in [0.05, 0.1) is 12.1 Å². The molecule has 2 aliphatic carbocycles. The molecule has 0 amide bonds. The highest BCUT2D eigenvalue weighted by molar-refractivity contribution is 7.87. The highest BCUT2D eigenvalue weighted by Crippen LogP contribution is 2.55. The van der Waals surface area contributed by atoms with Crippen LogP contribution in [0.25, 0.3) is 0 Å². The Hall–Kier alpha value is -3.14. The zero-order chi connectivity index (χ0) is 32.0. The predicted molar refractivity (Wildman–Crippen MR) is 168 cm³/mol. The largest absolute Gasteiger partial charge is 0.493 e. The van der Waals surface area contributed by atoms with Gasteiger partial charge in [-0.3, -0.25) is 9.59 Å². The van der Waals surface area contributed by atoms with Crippen molar-refractivity contribution in [1.82, 2.24) is 4.90 Å². The van der Waals surface area contributed by atoms with Crippen LogP contribution in [0, 0.1) is 10.8 Å². The lowest BCUT2D eigenvalue weighted by Crippen LogP contribution is -2.44. The van der Waals surface area contributed by atoms with Crippen LogP contribution in [0.3, 0.4) is 0 Å². The number of hydrogen-bond donors (Lipinski definition) is 0.